The molecule has 0 unspecified atom stereocenters. The Morgan fingerprint density at radius 1 is 1.48 bits per heavy atom. The highest BCUT2D eigenvalue weighted by Crippen LogP contribution is 2.16. The second-order valence-electron chi connectivity index (χ2n) is 4.36. The van der Waals surface area contributed by atoms with Gasteiger partial charge in [-0.15, -0.1) is 11.3 Å². The molecule has 3 aromatic rings. The Hall–Kier alpha value is -2.67. The van der Waals surface area contributed by atoms with Crippen LogP contribution in [0.5, 0.6) is 5.75 Å². The molecule has 0 bridgehead atoms. The average Bonchev–Trinajstić information content (AvgIpc) is 3.00. The van der Waals surface area contributed by atoms with Gasteiger partial charge in [-0.3, -0.25) is 9.20 Å². The molecule has 0 aliphatic heterocycles. The van der Waals surface area contributed by atoms with Crippen LogP contribution in [-0.2, 0) is 0 Å². The lowest BCUT2D eigenvalue weighted by Gasteiger charge is -2.00. The van der Waals surface area contributed by atoms with E-state index in [0.717, 1.165) is 4.96 Å². The molecule has 21 heavy (non-hydrogen) atoms. The maximum atomic E-state index is 12.2. The first kappa shape index (κ1) is 13.3. The van der Waals surface area contributed by atoms with Gasteiger partial charge < -0.3 is 5.11 Å². The number of para-hydroxylation sites is 1. The van der Waals surface area contributed by atoms with E-state index in [1.165, 1.54) is 17.6 Å². The van der Waals surface area contributed by atoms with Gasteiger partial charge in [0.2, 0.25) is 0 Å². The average molecular weight is 300 g/mol. The molecule has 1 aromatic carbocycles. The van der Waals surface area contributed by atoms with Gasteiger partial charge in [0, 0.05) is 17.1 Å². The number of imidazole rings is 1. The fourth-order valence-electron chi connectivity index (χ4n) is 1.98. The number of phenolic OH excluding ortho intramolecular Hbond substituents is 1. The number of carbonyl (C=O) groups is 1. The number of hydrazone groups is 1. The molecule has 0 aliphatic carbocycles. The van der Waals surface area contributed by atoms with E-state index in [2.05, 4.69) is 15.5 Å². The third-order valence-electron chi connectivity index (χ3n) is 2.96. The summed E-state index contributed by atoms with van der Waals surface area (Å²) in [5, 5.41) is 15.3. The predicted octanol–water partition coefficient (Wildman–Crippen LogP) is 2.17. The number of fused-ring (bicyclic) bond motifs is 1. The summed E-state index contributed by atoms with van der Waals surface area (Å²) in [4.78, 5) is 17.2. The van der Waals surface area contributed by atoms with Crippen molar-refractivity contribution in [3.63, 3.8) is 0 Å². The van der Waals surface area contributed by atoms with Crippen LogP contribution in [0.25, 0.3) is 4.96 Å². The Morgan fingerprint density at radius 2 is 2.29 bits per heavy atom. The zero-order chi connectivity index (χ0) is 14.8. The number of phenols is 1. The zero-order valence-corrected chi connectivity index (χ0v) is 12.0. The number of rotatable bonds is 3. The van der Waals surface area contributed by atoms with Gasteiger partial charge in [0.1, 0.15) is 11.4 Å². The fourth-order valence-corrected chi connectivity index (χ4v) is 2.74. The number of nitrogens with one attached hydrogen (secondary N) is 1. The molecule has 2 aromatic heterocycles. The van der Waals surface area contributed by atoms with Gasteiger partial charge in [-0.25, -0.2) is 10.4 Å². The summed E-state index contributed by atoms with van der Waals surface area (Å²) in [5.74, 6) is -0.235. The Morgan fingerprint density at radius 3 is 3.10 bits per heavy atom. The highest BCUT2D eigenvalue weighted by atomic mass is 32.1. The van der Waals surface area contributed by atoms with Gasteiger partial charge in [-0.05, 0) is 19.1 Å². The third kappa shape index (κ3) is 2.50. The van der Waals surface area contributed by atoms with Crippen molar-refractivity contribution in [2.24, 2.45) is 5.10 Å². The second kappa shape index (κ2) is 5.37. The van der Waals surface area contributed by atoms with Crippen LogP contribution >= 0.6 is 11.3 Å². The lowest BCUT2D eigenvalue weighted by atomic mass is 10.2. The van der Waals surface area contributed by atoms with E-state index in [9.17, 15) is 9.90 Å². The molecular formula is C14H12N4O2S. The summed E-state index contributed by atoms with van der Waals surface area (Å²) in [6.07, 6.45) is 3.19. The number of hydrogen-bond acceptors (Lipinski definition) is 5. The maximum absolute atomic E-state index is 12.2. The number of aryl methyl sites for hydroxylation is 1. The van der Waals surface area contributed by atoms with E-state index in [1.54, 1.807) is 41.8 Å². The molecule has 0 spiro atoms. The lowest BCUT2D eigenvalue weighted by Crippen LogP contribution is -2.20. The summed E-state index contributed by atoms with van der Waals surface area (Å²) in [5.41, 5.74) is 4.09. The van der Waals surface area contributed by atoms with Crippen LogP contribution in [-0.4, -0.2) is 26.6 Å². The minimum Gasteiger partial charge on any atom is -0.507 e. The van der Waals surface area contributed by atoms with Gasteiger partial charge in [-0.1, -0.05) is 12.1 Å². The molecule has 106 valence electrons. The first-order valence-electron chi connectivity index (χ1n) is 6.20. The van der Waals surface area contributed by atoms with Gasteiger partial charge in [0.15, 0.2) is 4.96 Å². The molecule has 0 saturated heterocycles. The van der Waals surface area contributed by atoms with E-state index >= 15 is 0 Å². The molecule has 0 aliphatic rings. The molecule has 0 atom stereocenters. The van der Waals surface area contributed by atoms with E-state index < -0.39 is 0 Å². The van der Waals surface area contributed by atoms with Crippen molar-refractivity contribution < 1.29 is 9.90 Å². The van der Waals surface area contributed by atoms with E-state index in [4.69, 9.17) is 0 Å². The Kier molecular flexibility index (Phi) is 3.41. The molecule has 1 amide bonds. The summed E-state index contributed by atoms with van der Waals surface area (Å²) >= 11 is 1.46. The van der Waals surface area contributed by atoms with Crippen molar-refractivity contribution in [1.29, 1.82) is 0 Å². The van der Waals surface area contributed by atoms with E-state index in [1.807, 2.05) is 5.38 Å². The van der Waals surface area contributed by atoms with Crippen molar-refractivity contribution >= 4 is 28.4 Å². The molecule has 3 rings (SSSR count). The highest BCUT2D eigenvalue weighted by molar-refractivity contribution is 7.15. The topological polar surface area (TPSA) is 79.0 Å². The number of aromatic nitrogens is 2. The van der Waals surface area contributed by atoms with Crippen molar-refractivity contribution in [3.8, 4) is 5.75 Å². The summed E-state index contributed by atoms with van der Waals surface area (Å²) in [6, 6.07) is 6.75. The van der Waals surface area contributed by atoms with Crippen LogP contribution in [0.15, 0.2) is 40.9 Å². The van der Waals surface area contributed by atoms with Gasteiger partial charge >= 0.3 is 0 Å². The number of carbonyl (C=O) groups excluding carboxylic acids is 1. The Bertz CT molecular complexity index is 834. The minimum absolute atomic E-state index is 0.108. The van der Waals surface area contributed by atoms with E-state index in [-0.39, 0.29) is 11.7 Å². The second-order valence-corrected chi connectivity index (χ2v) is 5.23. The number of thiazole rings is 1. The van der Waals surface area contributed by atoms with Crippen LogP contribution < -0.4 is 5.43 Å². The maximum Gasteiger partial charge on any atom is 0.290 e. The SMILES string of the molecule is Cc1nc2sccn2c1C(=O)N/N=C\c1ccccc1O. The Balaban J connectivity index is 1.79. The Labute approximate surface area is 124 Å². The van der Waals surface area contributed by atoms with Crippen molar-refractivity contribution in [2.75, 3.05) is 0 Å². The van der Waals surface area contributed by atoms with Gasteiger partial charge in [0.25, 0.3) is 5.91 Å². The first-order valence-corrected chi connectivity index (χ1v) is 7.08. The van der Waals surface area contributed by atoms with Gasteiger partial charge in [-0.2, -0.15) is 5.10 Å². The molecule has 2 N–H and O–H groups in total. The van der Waals surface area contributed by atoms with Crippen LogP contribution in [0.4, 0.5) is 0 Å². The van der Waals surface area contributed by atoms with E-state index in [0.29, 0.717) is 17.0 Å². The molecule has 0 fully saturated rings. The molecule has 2 heterocycles. The summed E-state index contributed by atoms with van der Waals surface area (Å²) in [7, 11) is 0. The van der Waals surface area contributed by atoms with Crippen LogP contribution in [0.3, 0.4) is 0 Å². The molecule has 0 radical (unpaired) electrons. The molecular weight excluding hydrogens is 288 g/mol. The third-order valence-corrected chi connectivity index (χ3v) is 3.71. The first-order chi connectivity index (χ1) is 10.2. The lowest BCUT2D eigenvalue weighted by molar-refractivity contribution is 0.0948. The normalized spacial score (nSPS) is 11.3. The predicted molar refractivity (Wildman–Crippen MR) is 81.0 cm³/mol. The summed E-state index contributed by atoms with van der Waals surface area (Å²) in [6.45, 7) is 1.78. The number of nitrogens with zero attached hydrogens (tertiary/aromatic N) is 3. The minimum atomic E-state index is -0.343. The molecule has 6 nitrogen and oxygen atoms in total. The number of hydrogen-bond donors (Lipinski definition) is 2. The van der Waals surface area contributed by atoms with Crippen LogP contribution in [0, 0.1) is 6.92 Å². The van der Waals surface area contributed by atoms with Crippen molar-refractivity contribution in [1.82, 2.24) is 14.8 Å². The van der Waals surface area contributed by atoms with Crippen LogP contribution in [0.2, 0.25) is 0 Å². The fraction of sp³-hybridized carbons (Fsp3) is 0.0714. The van der Waals surface area contributed by atoms with Crippen molar-refractivity contribution in [2.45, 2.75) is 6.92 Å². The number of benzene rings is 1. The molecule has 7 heteroatoms. The number of aromatic hydroxyl groups is 1. The smallest absolute Gasteiger partial charge is 0.290 e. The standard InChI is InChI=1S/C14H12N4O2S/c1-9-12(18-6-7-21-14(18)16-9)13(20)17-15-8-10-4-2-3-5-11(10)19/h2-8,19H,1H3,(H,17,20)/b15-8-. The monoisotopic (exact) mass is 300 g/mol. The zero-order valence-electron chi connectivity index (χ0n) is 11.1. The van der Waals surface area contributed by atoms with Crippen LogP contribution in [0.1, 0.15) is 21.7 Å². The summed E-state index contributed by atoms with van der Waals surface area (Å²) < 4.78 is 1.73. The quantitative estimate of drug-likeness (QED) is 0.575. The van der Waals surface area contributed by atoms with Gasteiger partial charge in [0.05, 0.1) is 11.9 Å². The highest BCUT2D eigenvalue weighted by Gasteiger charge is 2.16. The number of amides is 1. The van der Waals surface area contributed by atoms with Crippen molar-refractivity contribution in [3.05, 3.63) is 52.8 Å². The largest absolute Gasteiger partial charge is 0.507 e. The molecule has 0 saturated carbocycles.